The van der Waals surface area contributed by atoms with Crippen molar-refractivity contribution in [2.45, 2.75) is 51.6 Å². The first-order valence-electron chi connectivity index (χ1n) is 9.50. The molecule has 1 aliphatic rings. The number of esters is 1. The number of halogens is 1. The highest BCUT2D eigenvalue weighted by atomic mass is 35.5. The molecule has 1 atom stereocenters. The summed E-state index contributed by atoms with van der Waals surface area (Å²) < 4.78 is 5.53. The van der Waals surface area contributed by atoms with E-state index in [2.05, 4.69) is 0 Å². The van der Waals surface area contributed by atoms with Gasteiger partial charge in [0.15, 0.2) is 17.1 Å². The summed E-state index contributed by atoms with van der Waals surface area (Å²) >= 11 is 6.31. The molecule has 2 aromatic rings. The van der Waals surface area contributed by atoms with E-state index in [4.69, 9.17) is 21.2 Å². The highest BCUT2D eigenvalue weighted by Crippen LogP contribution is 2.48. The number of rotatable bonds is 7. The van der Waals surface area contributed by atoms with Gasteiger partial charge in [0.1, 0.15) is 0 Å². The minimum atomic E-state index is -1.24. The topological polar surface area (TPSA) is 72.8 Å². The van der Waals surface area contributed by atoms with Gasteiger partial charge in [-0.1, -0.05) is 68.6 Å². The Balaban J connectivity index is 2.13. The summed E-state index contributed by atoms with van der Waals surface area (Å²) in [7, 11) is 0. The summed E-state index contributed by atoms with van der Waals surface area (Å²) in [6.45, 7) is 3.89. The van der Waals surface area contributed by atoms with Crippen LogP contribution in [-0.2, 0) is 15.3 Å². The summed E-state index contributed by atoms with van der Waals surface area (Å²) in [5.41, 5.74) is 0.303. The van der Waals surface area contributed by atoms with Crippen molar-refractivity contribution in [3.63, 3.8) is 0 Å². The Kier molecular flexibility index (Phi) is 6.18. The number of carbonyl (C=O) groups excluding carboxylic acids is 2. The van der Waals surface area contributed by atoms with Crippen LogP contribution in [0, 0.1) is 0 Å². The van der Waals surface area contributed by atoms with Gasteiger partial charge in [0, 0.05) is 23.1 Å². The van der Waals surface area contributed by atoms with Gasteiger partial charge in [-0.3, -0.25) is 14.8 Å². The van der Waals surface area contributed by atoms with Gasteiger partial charge >= 0.3 is 5.97 Å². The average Bonchev–Trinajstić information content (AvgIpc) is 2.71. The lowest BCUT2D eigenvalue weighted by Crippen LogP contribution is -2.37. The molecule has 28 heavy (non-hydrogen) atoms. The molecule has 5 nitrogen and oxygen atoms in total. The van der Waals surface area contributed by atoms with Crippen LogP contribution in [0.1, 0.15) is 73.0 Å². The molecule has 0 heterocycles. The second-order valence-electron chi connectivity index (χ2n) is 6.88. The van der Waals surface area contributed by atoms with Crippen LogP contribution in [0.3, 0.4) is 0 Å². The first-order chi connectivity index (χ1) is 13.5. The fourth-order valence-corrected chi connectivity index (χ4v) is 3.96. The minimum absolute atomic E-state index is 0.0232. The van der Waals surface area contributed by atoms with Crippen molar-refractivity contribution in [2.75, 3.05) is 0 Å². The van der Waals surface area contributed by atoms with E-state index >= 15 is 0 Å². The van der Waals surface area contributed by atoms with E-state index in [9.17, 15) is 14.8 Å². The zero-order chi connectivity index (χ0) is 20.3. The van der Waals surface area contributed by atoms with Crippen LogP contribution in [0.4, 0.5) is 0 Å². The largest absolute Gasteiger partial charge is 0.424 e. The maximum atomic E-state index is 13.3. The van der Waals surface area contributed by atoms with Crippen LogP contribution in [0.25, 0.3) is 0 Å². The summed E-state index contributed by atoms with van der Waals surface area (Å²) in [5, 5.41) is 10.0. The van der Waals surface area contributed by atoms with Gasteiger partial charge in [-0.05, 0) is 18.9 Å². The lowest BCUT2D eigenvalue weighted by Gasteiger charge is -2.37. The van der Waals surface area contributed by atoms with Crippen molar-refractivity contribution in [1.82, 2.24) is 0 Å². The van der Waals surface area contributed by atoms with Gasteiger partial charge in [-0.2, -0.15) is 0 Å². The molecule has 0 spiro atoms. The molecule has 0 saturated heterocycles. The number of ketones is 1. The Morgan fingerprint density at radius 3 is 2.54 bits per heavy atom. The molecule has 3 rings (SSSR count). The molecule has 0 radical (unpaired) electrons. The molecule has 148 valence electrons. The standard InChI is InChI=1S/C22H23ClO5/c1-3-5-6-11-18(24)27-21-17(23)13-12-16-19(21)20(25)14-9-7-8-10-15(14)22(16,4-2)28-26/h7-10,12-13,26H,3-6,11H2,1-2H3. The summed E-state index contributed by atoms with van der Waals surface area (Å²) in [6.07, 6.45) is 3.22. The Morgan fingerprint density at radius 1 is 1.11 bits per heavy atom. The lowest BCUT2D eigenvalue weighted by atomic mass is 9.72. The third-order valence-electron chi connectivity index (χ3n) is 5.23. The number of hydrogen-bond donors (Lipinski definition) is 1. The molecule has 1 unspecified atom stereocenters. The molecular weight excluding hydrogens is 380 g/mol. The van der Waals surface area contributed by atoms with Gasteiger partial charge in [-0.25, -0.2) is 4.89 Å². The van der Waals surface area contributed by atoms with E-state index in [0.29, 0.717) is 29.5 Å². The van der Waals surface area contributed by atoms with Crippen molar-refractivity contribution < 1.29 is 24.5 Å². The SMILES string of the molecule is CCCCCC(=O)Oc1c(Cl)ccc2c1C(=O)c1ccccc1C2(CC)OO. The molecule has 0 fully saturated rings. The molecule has 6 heteroatoms. The molecule has 0 bridgehead atoms. The Labute approximate surface area is 169 Å². The summed E-state index contributed by atoms with van der Waals surface area (Å²) in [6, 6.07) is 10.1. The van der Waals surface area contributed by atoms with Crippen LogP contribution < -0.4 is 4.74 Å². The zero-order valence-electron chi connectivity index (χ0n) is 16.0. The molecule has 1 N–H and O–H groups in total. The number of carbonyl (C=O) groups is 2. The van der Waals surface area contributed by atoms with Crippen LogP contribution in [-0.4, -0.2) is 17.0 Å². The van der Waals surface area contributed by atoms with Crippen LogP contribution in [0.2, 0.25) is 5.02 Å². The third-order valence-corrected chi connectivity index (χ3v) is 5.53. The number of fused-ring (bicyclic) bond motifs is 2. The molecule has 0 amide bonds. The minimum Gasteiger partial charge on any atom is -0.424 e. The van der Waals surface area contributed by atoms with E-state index in [1.165, 1.54) is 0 Å². The van der Waals surface area contributed by atoms with Crippen molar-refractivity contribution >= 4 is 23.4 Å². The van der Waals surface area contributed by atoms with E-state index in [1.54, 1.807) is 36.4 Å². The highest BCUT2D eigenvalue weighted by Gasteiger charge is 2.46. The van der Waals surface area contributed by atoms with Gasteiger partial charge in [0.25, 0.3) is 0 Å². The van der Waals surface area contributed by atoms with E-state index in [1.807, 2.05) is 13.8 Å². The monoisotopic (exact) mass is 402 g/mol. The molecular formula is C22H23ClO5. The summed E-state index contributed by atoms with van der Waals surface area (Å²) in [4.78, 5) is 30.5. The Hall–Kier alpha value is -2.21. The molecule has 1 aliphatic carbocycles. The van der Waals surface area contributed by atoms with Gasteiger partial charge in [0.05, 0.1) is 10.6 Å². The number of benzene rings is 2. The first kappa shape index (κ1) is 20.5. The molecule has 0 aliphatic heterocycles. The average molecular weight is 403 g/mol. The fraction of sp³-hybridized carbons (Fsp3) is 0.364. The van der Waals surface area contributed by atoms with Gasteiger partial charge in [0.2, 0.25) is 0 Å². The maximum absolute atomic E-state index is 13.3. The van der Waals surface area contributed by atoms with Crippen molar-refractivity contribution in [1.29, 1.82) is 0 Å². The summed E-state index contributed by atoms with van der Waals surface area (Å²) in [5.74, 6) is -0.733. The first-order valence-corrected chi connectivity index (χ1v) is 9.88. The predicted molar refractivity (Wildman–Crippen MR) is 106 cm³/mol. The van der Waals surface area contributed by atoms with Crippen LogP contribution >= 0.6 is 11.6 Å². The van der Waals surface area contributed by atoms with Crippen LogP contribution in [0.15, 0.2) is 36.4 Å². The smallest absolute Gasteiger partial charge is 0.311 e. The number of hydrogen-bond acceptors (Lipinski definition) is 5. The number of ether oxygens (including phenoxy) is 1. The van der Waals surface area contributed by atoms with Gasteiger partial charge in [-0.15, -0.1) is 0 Å². The fourth-order valence-electron chi connectivity index (χ4n) is 3.76. The second-order valence-corrected chi connectivity index (χ2v) is 7.28. The van der Waals surface area contributed by atoms with E-state index in [-0.39, 0.29) is 28.5 Å². The maximum Gasteiger partial charge on any atom is 0.311 e. The van der Waals surface area contributed by atoms with Gasteiger partial charge < -0.3 is 4.74 Å². The van der Waals surface area contributed by atoms with Crippen molar-refractivity contribution in [3.8, 4) is 5.75 Å². The quantitative estimate of drug-likeness (QED) is 0.217. The zero-order valence-corrected chi connectivity index (χ0v) is 16.7. The van der Waals surface area contributed by atoms with E-state index < -0.39 is 11.6 Å². The normalized spacial score (nSPS) is 17.8. The lowest BCUT2D eigenvalue weighted by molar-refractivity contribution is -0.316. The molecule has 0 aromatic heterocycles. The second kappa shape index (κ2) is 8.43. The Morgan fingerprint density at radius 2 is 1.86 bits per heavy atom. The molecule has 0 saturated carbocycles. The van der Waals surface area contributed by atoms with Crippen molar-refractivity contribution in [2.24, 2.45) is 0 Å². The number of unbranched alkanes of at least 4 members (excludes halogenated alkanes) is 2. The highest BCUT2D eigenvalue weighted by molar-refractivity contribution is 6.33. The molecule has 2 aromatic carbocycles. The van der Waals surface area contributed by atoms with Crippen molar-refractivity contribution in [3.05, 3.63) is 63.7 Å². The third kappa shape index (κ3) is 3.34. The van der Waals surface area contributed by atoms with Crippen LogP contribution in [0.5, 0.6) is 5.75 Å². The Bertz CT molecular complexity index is 902. The van der Waals surface area contributed by atoms with E-state index in [0.717, 1.165) is 12.8 Å². The predicted octanol–water partition coefficient (Wildman–Crippen LogP) is 5.51.